The van der Waals surface area contributed by atoms with E-state index < -0.39 is 10.3 Å². The van der Waals surface area contributed by atoms with Crippen molar-refractivity contribution >= 4 is 10.3 Å². The molecule has 0 saturated carbocycles. The highest BCUT2D eigenvalue weighted by molar-refractivity contribution is 7.83. The van der Waals surface area contributed by atoms with E-state index in [1.807, 2.05) is 36.8 Å². The molecule has 1 radical (unpaired) electrons. The summed E-state index contributed by atoms with van der Waals surface area (Å²) in [6.45, 7) is 5.07. The van der Waals surface area contributed by atoms with E-state index in [9.17, 15) is 8.42 Å². The predicted octanol–water partition coefficient (Wildman–Crippen LogP) is 1.21. The van der Waals surface area contributed by atoms with E-state index in [-0.39, 0.29) is 0 Å². The van der Waals surface area contributed by atoms with E-state index in [1.54, 1.807) is 0 Å². The molecule has 0 aliphatic carbocycles. The zero-order valence-corrected chi connectivity index (χ0v) is 8.80. The van der Waals surface area contributed by atoms with Gasteiger partial charge in [-0.05, 0) is 19.4 Å². The summed E-state index contributed by atoms with van der Waals surface area (Å²) >= 11 is 0. The van der Waals surface area contributed by atoms with Crippen LogP contribution in [0.5, 0.6) is 0 Å². The summed E-state index contributed by atoms with van der Waals surface area (Å²) < 4.78 is 31.1. The zero-order chi connectivity index (χ0) is 10.8. The summed E-state index contributed by atoms with van der Waals surface area (Å²) in [6, 6.07) is 5.60. The van der Waals surface area contributed by atoms with Crippen LogP contribution in [-0.2, 0) is 10.3 Å². The molecule has 0 aromatic heterocycles. The summed E-state index contributed by atoms with van der Waals surface area (Å²) in [5.74, 6) is 0. The van der Waals surface area contributed by atoms with Crippen molar-refractivity contribution in [2.24, 2.45) is 0 Å². The summed E-state index contributed by atoms with van der Waals surface area (Å²) in [6.07, 6.45) is 0. The van der Waals surface area contributed by atoms with Crippen LogP contribution in [0.4, 0.5) is 0 Å². The fourth-order valence-electron chi connectivity index (χ4n) is 1.24. The minimum absolute atomic E-state index is 0.708. The van der Waals surface area contributed by atoms with Crippen LogP contribution >= 0.6 is 0 Å². The van der Waals surface area contributed by atoms with Crippen molar-refractivity contribution in [3.63, 3.8) is 0 Å². The van der Waals surface area contributed by atoms with Gasteiger partial charge < -0.3 is 0 Å². The Morgan fingerprint density at radius 2 is 1.71 bits per heavy atom. The number of benzene rings is 1. The lowest BCUT2D eigenvalue weighted by Gasteiger charge is -2.03. The summed E-state index contributed by atoms with van der Waals surface area (Å²) in [5.41, 5.74) is 2.78. The molecule has 0 aliphatic rings. The molecule has 0 saturated heterocycles. The molecule has 2 N–H and O–H groups in total. The Labute approximate surface area is 83.8 Å². The molecule has 0 aliphatic heterocycles. The van der Waals surface area contributed by atoms with Gasteiger partial charge in [0.25, 0.3) is 0 Å². The molecule has 0 amide bonds. The van der Waals surface area contributed by atoms with E-state index in [2.05, 4.69) is 0 Å². The first-order valence-corrected chi connectivity index (χ1v) is 5.47. The van der Waals surface area contributed by atoms with E-state index >= 15 is 0 Å². The van der Waals surface area contributed by atoms with Crippen LogP contribution in [0.25, 0.3) is 0 Å². The molecular weight excluding hydrogens is 202 g/mol. The number of hydrogen-bond acceptors (Lipinski definition) is 2. The quantitative estimate of drug-likeness (QED) is 0.743. The average Bonchev–Trinajstić information content (AvgIpc) is 1.97. The lowest BCUT2D eigenvalue weighted by atomic mass is 10.1. The van der Waals surface area contributed by atoms with Crippen molar-refractivity contribution in [3.05, 3.63) is 41.4 Å². The summed E-state index contributed by atoms with van der Waals surface area (Å²) in [5, 5.41) is 0. The van der Waals surface area contributed by atoms with Crippen LogP contribution in [0.2, 0.25) is 0 Å². The Balaban J connectivity index is 2.78. The van der Waals surface area contributed by atoms with Crippen molar-refractivity contribution < 1.29 is 13.0 Å². The van der Waals surface area contributed by atoms with Gasteiger partial charge >= 0.3 is 10.3 Å². The second kappa shape index (κ2) is 4.08. The first kappa shape index (κ1) is 11.2. The number of hydrogen-bond donors (Lipinski definition) is 2. The smallest absolute Gasteiger partial charge is 0.273 e. The lowest BCUT2D eigenvalue weighted by molar-refractivity contribution is 0.474. The Morgan fingerprint density at radius 1 is 1.21 bits per heavy atom. The van der Waals surface area contributed by atoms with Gasteiger partial charge in [0.15, 0.2) is 0 Å². The van der Waals surface area contributed by atoms with Crippen molar-refractivity contribution in [1.82, 2.24) is 4.72 Å². The van der Waals surface area contributed by atoms with E-state index in [1.165, 1.54) is 6.54 Å². The highest BCUT2D eigenvalue weighted by Gasteiger charge is 2.03. The molecule has 1 aromatic carbocycles. The third-order valence-corrected chi connectivity index (χ3v) is 2.03. The highest BCUT2D eigenvalue weighted by Crippen LogP contribution is 2.09. The predicted molar refractivity (Wildman–Crippen MR) is 54.0 cm³/mol. The topological polar surface area (TPSA) is 66.4 Å². The molecule has 0 unspecified atom stereocenters. The van der Waals surface area contributed by atoms with Gasteiger partial charge in [0, 0.05) is 0 Å². The molecule has 0 fully saturated rings. The summed E-state index contributed by atoms with van der Waals surface area (Å²) in [7, 11) is -4.15. The zero-order valence-electron chi connectivity index (χ0n) is 7.98. The number of nitrogens with one attached hydrogen (secondary N) is 1. The Kier molecular flexibility index (Phi) is 3.25. The molecule has 77 valence electrons. The molecule has 0 heterocycles. The van der Waals surface area contributed by atoms with Crippen molar-refractivity contribution in [3.8, 4) is 0 Å². The van der Waals surface area contributed by atoms with Crippen molar-refractivity contribution in [2.45, 2.75) is 13.8 Å². The molecule has 1 aromatic rings. The maximum absolute atomic E-state index is 10.4. The minimum atomic E-state index is -4.15. The first-order chi connectivity index (χ1) is 6.37. The van der Waals surface area contributed by atoms with Gasteiger partial charge in [-0.15, -0.1) is 0 Å². The molecular formula is C9H12NO3S. The monoisotopic (exact) mass is 214 g/mol. The van der Waals surface area contributed by atoms with Gasteiger partial charge in [0.05, 0.1) is 6.54 Å². The van der Waals surface area contributed by atoms with Gasteiger partial charge in [0.2, 0.25) is 0 Å². The van der Waals surface area contributed by atoms with Crippen LogP contribution in [0.3, 0.4) is 0 Å². The third kappa shape index (κ3) is 3.87. The molecule has 14 heavy (non-hydrogen) atoms. The van der Waals surface area contributed by atoms with Crippen LogP contribution < -0.4 is 4.72 Å². The van der Waals surface area contributed by atoms with Gasteiger partial charge in [-0.25, -0.2) is 0 Å². The Morgan fingerprint density at radius 3 is 2.14 bits per heavy atom. The summed E-state index contributed by atoms with van der Waals surface area (Å²) in [4.78, 5) is 0. The molecule has 0 atom stereocenters. The van der Waals surface area contributed by atoms with Crippen molar-refractivity contribution in [1.29, 1.82) is 0 Å². The molecule has 4 nitrogen and oxygen atoms in total. The first-order valence-electron chi connectivity index (χ1n) is 4.03. The molecule has 0 spiro atoms. The molecule has 0 bridgehead atoms. The van der Waals surface area contributed by atoms with E-state index in [0.717, 1.165) is 11.1 Å². The van der Waals surface area contributed by atoms with E-state index in [0.29, 0.717) is 5.56 Å². The third-order valence-electron chi connectivity index (χ3n) is 1.62. The Bertz CT molecular complexity index is 405. The second-order valence-corrected chi connectivity index (χ2v) is 4.34. The standard InChI is InChI=1S/C9H12NO3S/c1-7-3-8(2)5-9(4-7)6-10-14(11,12)13/h3-6,10H,1-2H3,(H,11,12,13). The largest absolute Gasteiger partial charge is 0.333 e. The van der Waals surface area contributed by atoms with Gasteiger partial charge in [-0.3, -0.25) is 4.55 Å². The fourth-order valence-corrected chi connectivity index (χ4v) is 1.52. The maximum Gasteiger partial charge on any atom is 0.333 e. The number of aryl methyl sites for hydroxylation is 2. The van der Waals surface area contributed by atoms with Gasteiger partial charge in [0.1, 0.15) is 0 Å². The second-order valence-electron chi connectivity index (χ2n) is 3.16. The molecule has 5 heteroatoms. The Hall–Kier alpha value is -0.910. The fraction of sp³-hybridized carbons (Fsp3) is 0.222. The normalized spacial score (nSPS) is 11.6. The molecule has 1 rings (SSSR count). The average molecular weight is 214 g/mol. The maximum atomic E-state index is 10.4. The van der Waals surface area contributed by atoms with Crippen molar-refractivity contribution in [2.75, 3.05) is 0 Å². The van der Waals surface area contributed by atoms with Crippen LogP contribution in [0.1, 0.15) is 16.7 Å². The van der Waals surface area contributed by atoms with Gasteiger partial charge in [-0.2, -0.15) is 13.1 Å². The van der Waals surface area contributed by atoms with E-state index in [4.69, 9.17) is 4.55 Å². The SMILES string of the molecule is Cc1cc(C)cc([CH]NS(=O)(=O)O)c1. The van der Waals surface area contributed by atoms with Crippen LogP contribution in [-0.4, -0.2) is 13.0 Å². The highest BCUT2D eigenvalue weighted by atomic mass is 32.2. The number of rotatable bonds is 3. The van der Waals surface area contributed by atoms with Gasteiger partial charge in [-0.1, -0.05) is 29.3 Å². The minimum Gasteiger partial charge on any atom is -0.273 e. The van der Waals surface area contributed by atoms with Crippen LogP contribution in [0.15, 0.2) is 18.2 Å². The van der Waals surface area contributed by atoms with Crippen LogP contribution in [0, 0.1) is 20.4 Å². The lowest BCUT2D eigenvalue weighted by Crippen LogP contribution is -2.19.